The highest BCUT2D eigenvalue weighted by Crippen LogP contribution is 2.28. The molecule has 29 heavy (non-hydrogen) atoms. The minimum absolute atomic E-state index is 0.171. The summed E-state index contributed by atoms with van der Waals surface area (Å²) in [6.45, 7) is 4.75. The number of nitrogens with zero attached hydrogens (tertiary/aromatic N) is 4. The van der Waals surface area contributed by atoms with Gasteiger partial charge in [0.2, 0.25) is 5.82 Å². The van der Waals surface area contributed by atoms with Gasteiger partial charge in [-0.25, -0.2) is 4.79 Å². The van der Waals surface area contributed by atoms with Gasteiger partial charge in [-0.1, -0.05) is 12.1 Å². The van der Waals surface area contributed by atoms with Crippen LogP contribution < -0.4 is 25.9 Å². The van der Waals surface area contributed by atoms with E-state index in [1.165, 1.54) is 24.7 Å². The quantitative estimate of drug-likeness (QED) is 0.617. The fourth-order valence-corrected chi connectivity index (χ4v) is 3.70. The molecule has 0 amide bonds. The normalized spacial score (nSPS) is 16.1. The monoisotopic (exact) mass is 403 g/mol. The van der Waals surface area contributed by atoms with Crippen molar-refractivity contribution in [1.29, 1.82) is 0 Å². The summed E-state index contributed by atoms with van der Waals surface area (Å²) in [7, 11) is 4.61. The Balaban J connectivity index is 1.50. The van der Waals surface area contributed by atoms with Crippen molar-refractivity contribution in [3.8, 4) is 5.75 Å². The van der Waals surface area contributed by atoms with Crippen LogP contribution in [-0.2, 0) is 14.1 Å². The lowest BCUT2D eigenvalue weighted by Crippen LogP contribution is -3.03. The van der Waals surface area contributed by atoms with Crippen LogP contribution in [0.15, 0.2) is 39.9 Å². The minimum atomic E-state index is -0.478. The maximum Gasteiger partial charge on any atom is 0.334 e. The summed E-state index contributed by atoms with van der Waals surface area (Å²) in [6, 6.07) is 9.27. The smallest absolute Gasteiger partial charge is 0.334 e. The molecule has 2 aromatic rings. The molecule has 1 fully saturated rings. The van der Waals surface area contributed by atoms with Crippen molar-refractivity contribution >= 4 is 11.5 Å². The van der Waals surface area contributed by atoms with Crippen LogP contribution in [0.25, 0.3) is 0 Å². The number of hydroxylamine groups is 1. The SMILES string of the molecule is COc1ccccc1N1CCN(CCC[NH+]([O-])c2cc(=O)n(C)c(=O)n2C)CC1. The van der Waals surface area contributed by atoms with Crippen LogP contribution in [-0.4, -0.2) is 60.4 Å². The van der Waals surface area contributed by atoms with Crippen molar-refractivity contribution in [2.24, 2.45) is 14.1 Å². The molecule has 0 aliphatic carbocycles. The van der Waals surface area contributed by atoms with Gasteiger partial charge in [-0.15, -0.1) is 0 Å². The van der Waals surface area contributed by atoms with Crippen molar-refractivity contribution in [3.63, 3.8) is 0 Å². The average Bonchev–Trinajstić information content (AvgIpc) is 2.75. The Morgan fingerprint density at radius 1 is 1.07 bits per heavy atom. The molecule has 1 aromatic carbocycles. The van der Waals surface area contributed by atoms with E-state index < -0.39 is 11.2 Å². The first kappa shape index (κ1) is 21.1. The number of aromatic nitrogens is 2. The summed E-state index contributed by atoms with van der Waals surface area (Å²) >= 11 is 0. The van der Waals surface area contributed by atoms with Gasteiger partial charge in [0.25, 0.3) is 5.56 Å². The zero-order valence-corrected chi connectivity index (χ0v) is 17.3. The van der Waals surface area contributed by atoms with Crippen LogP contribution in [0.1, 0.15) is 6.42 Å². The summed E-state index contributed by atoms with van der Waals surface area (Å²) < 4.78 is 7.70. The molecule has 0 bridgehead atoms. The van der Waals surface area contributed by atoms with Crippen LogP contribution in [0.4, 0.5) is 11.5 Å². The maximum absolute atomic E-state index is 12.5. The highest BCUT2D eigenvalue weighted by Gasteiger charge is 2.20. The molecule has 158 valence electrons. The van der Waals surface area contributed by atoms with Crippen molar-refractivity contribution in [2.45, 2.75) is 6.42 Å². The minimum Gasteiger partial charge on any atom is -0.628 e. The third-order valence-electron chi connectivity index (χ3n) is 5.49. The van der Waals surface area contributed by atoms with Crippen LogP contribution in [0.2, 0.25) is 0 Å². The molecular weight excluding hydrogens is 374 g/mol. The fraction of sp³-hybridized carbons (Fsp3) is 0.500. The number of methoxy groups -OCH3 is 1. The third kappa shape index (κ3) is 4.69. The Hall–Kier alpha value is -2.62. The van der Waals surface area contributed by atoms with Gasteiger partial charge in [0.05, 0.1) is 25.4 Å². The lowest BCUT2D eigenvalue weighted by molar-refractivity contribution is -0.780. The molecule has 0 radical (unpaired) electrons. The summed E-state index contributed by atoms with van der Waals surface area (Å²) in [5.41, 5.74) is 0.175. The zero-order valence-electron chi connectivity index (χ0n) is 17.3. The van der Waals surface area contributed by atoms with Gasteiger partial charge in [-0.05, 0) is 12.1 Å². The number of nitrogens with one attached hydrogen (secondary N) is 1. The summed E-state index contributed by atoms with van der Waals surface area (Å²) in [6.07, 6.45) is 0.691. The van der Waals surface area contributed by atoms with E-state index in [2.05, 4.69) is 15.9 Å². The van der Waals surface area contributed by atoms with E-state index >= 15 is 0 Å². The number of quaternary nitrogens is 1. The summed E-state index contributed by atoms with van der Waals surface area (Å²) in [5.74, 6) is 1.06. The van der Waals surface area contributed by atoms with E-state index in [1.54, 1.807) is 7.11 Å². The molecule has 1 unspecified atom stereocenters. The van der Waals surface area contributed by atoms with Gasteiger partial charge in [-0.2, -0.15) is 0 Å². The van der Waals surface area contributed by atoms with E-state index in [4.69, 9.17) is 4.74 Å². The second-order valence-electron chi connectivity index (χ2n) is 7.30. The van der Waals surface area contributed by atoms with Gasteiger partial charge >= 0.3 is 5.69 Å². The molecule has 0 saturated carbocycles. The van der Waals surface area contributed by atoms with Crippen LogP contribution in [0, 0.1) is 5.21 Å². The second kappa shape index (κ2) is 9.25. The Morgan fingerprint density at radius 2 is 1.76 bits per heavy atom. The highest BCUT2D eigenvalue weighted by molar-refractivity contribution is 5.58. The van der Waals surface area contributed by atoms with E-state index in [9.17, 15) is 14.8 Å². The maximum atomic E-state index is 12.5. The Kier molecular flexibility index (Phi) is 6.73. The molecular formula is C20H29N5O4. The number of ether oxygens (including phenoxy) is 1. The number of rotatable bonds is 7. The van der Waals surface area contributed by atoms with E-state index in [1.807, 2.05) is 18.2 Å². The molecule has 9 heteroatoms. The predicted octanol–water partition coefficient (Wildman–Crippen LogP) is -0.681. The third-order valence-corrected chi connectivity index (χ3v) is 5.49. The lowest BCUT2D eigenvalue weighted by Gasteiger charge is -2.36. The van der Waals surface area contributed by atoms with Crippen LogP contribution in [0.3, 0.4) is 0 Å². The van der Waals surface area contributed by atoms with Gasteiger partial charge in [0, 0.05) is 53.2 Å². The topological polar surface area (TPSA) is 87.2 Å². The fourth-order valence-electron chi connectivity index (χ4n) is 3.70. The molecule has 3 rings (SSSR count). The molecule has 1 aromatic heterocycles. The molecule has 2 heterocycles. The number of hydrogen-bond donors (Lipinski definition) is 1. The highest BCUT2D eigenvalue weighted by atomic mass is 16.5. The van der Waals surface area contributed by atoms with Crippen LogP contribution >= 0.6 is 0 Å². The molecule has 0 spiro atoms. The molecule has 1 atom stereocenters. The Labute approximate surface area is 169 Å². The van der Waals surface area contributed by atoms with Crippen LogP contribution in [0.5, 0.6) is 5.75 Å². The Bertz CT molecular complexity index is 947. The number of para-hydroxylation sites is 2. The van der Waals surface area contributed by atoms with E-state index in [0.717, 1.165) is 48.7 Å². The lowest BCUT2D eigenvalue weighted by atomic mass is 10.2. The number of anilines is 1. The summed E-state index contributed by atoms with van der Waals surface area (Å²) in [5, 5.41) is 12.3. The predicted molar refractivity (Wildman–Crippen MR) is 112 cm³/mol. The zero-order chi connectivity index (χ0) is 21.0. The second-order valence-corrected chi connectivity index (χ2v) is 7.30. The standard InChI is InChI=1S/C20H29N5O4/c1-21-18(15-19(26)22(2)20(21)27)25(28)10-6-9-23-11-13-24(14-12-23)16-7-4-5-8-17(16)29-3/h4-5,7-8,15,25H,6,9-14H2,1-3H3. The van der Waals surface area contributed by atoms with Crippen molar-refractivity contribution in [2.75, 3.05) is 51.3 Å². The van der Waals surface area contributed by atoms with Gasteiger partial charge in [0.1, 0.15) is 5.75 Å². The first-order valence-corrected chi connectivity index (χ1v) is 9.83. The van der Waals surface area contributed by atoms with Crippen molar-refractivity contribution in [1.82, 2.24) is 14.0 Å². The molecule has 1 saturated heterocycles. The average molecular weight is 403 g/mol. The van der Waals surface area contributed by atoms with Crippen molar-refractivity contribution in [3.05, 3.63) is 56.4 Å². The molecule has 1 N–H and O–H groups in total. The number of benzene rings is 1. The van der Waals surface area contributed by atoms with Gasteiger partial charge in [0.15, 0.2) is 0 Å². The molecule has 1 aliphatic heterocycles. The molecule has 9 nitrogen and oxygen atoms in total. The van der Waals surface area contributed by atoms with E-state index in [-0.39, 0.29) is 10.9 Å². The number of hydrogen-bond acceptors (Lipinski definition) is 6. The first-order valence-electron chi connectivity index (χ1n) is 9.83. The first-order chi connectivity index (χ1) is 13.9. The number of piperazine rings is 1. The van der Waals surface area contributed by atoms with Crippen molar-refractivity contribution < 1.29 is 9.80 Å². The van der Waals surface area contributed by atoms with Gasteiger partial charge in [-0.3, -0.25) is 18.8 Å². The Morgan fingerprint density at radius 3 is 2.45 bits per heavy atom. The van der Waals surface area contributed by atoms with Gasteiger partial charge < -0.3 is 19.9 Å². The van der Waals surface area contributed by atoms with E-state index in [0.29, 0.717) is 13.0 Å². The molecule has 1 aliphatic rings. The summed E-state index contributed by atoms with van der Waals surface area (Å²) in [4.78, 5) is 28.4. The largest absolute Gasteiger partial charge is 0.628 e.